The van der Waals surface area contributed by atoms with Gasteiger partial charge >= 0.3 is 0 Å². The van der Waals surface area contributed by atoms with Crippen molar-refractivity contribution in [3.05, 3.63) is 255 Å². The van der Waals surface area contributed by atoms with Gasteiger partial charge in [0.15, 0.2) is 0 Å². The zero-order chi connectivity index (χ0) is 43.6. The summed E-state index contributed by atoms with van der Waals surface area (Å²) in [6, 6.07) is 93.3. The first-order valence-electron chi connectivity index (χ1n) is 22.8. The maximum absolute atomic E-state index is 2.41. The van der Waals surface area contributed by atoms with Gasteiger partial charge < -0.3 is 9.47 Å². The van der Waals surface area contributed by atoms with E-state index in [2.05, 4.69) is 264 Å². The van der Waals surface area contributed by atoms with Crippen molar-refractivity contribution in [2.45, 2.75) is 0 Å². The number of hydrogen-bond donors (Lipinski definition) is 0. The van der Waals surface area contributed by atoms with Gasteiger partial charge in [0.2, 0.25) is 0 Å². The molecule has 0 fully saturated rings. The average Bonchev–Trinajstić information content (AvgIpc) is 3.73. The molecule has 0 amide bonds. The van der Waals surface area contributed by atoms with Crippen LogP contribution in [0.25, 0.3) is 104 Å². The van der Waals surface area contributed by atoms with E-state index < -0.39 is 0 Å². The minimum atomic E-state index is 1.08. The quantitative estimate of drug-likeness (QED) is 0.145. The molecule has 1 heterocycles. The second kappa shape index (κ2) is 15.5. The van der Waals surface area contributed by atoms with Gasteiger partial charge in [-0.25, -0.2) is 0 Å². The molecule has 0 N–H and O–H groups in total. The van der Waals surface area contributed by atoms with Crippen LogP contribution in [-0.4, -0.2) is 4.57 Å². The summed E-state index contributed by atoms with van der Waals surface area (Å²) in [5.74, 6) is 0. The Labute approximate surface area is 383 Å². The molecule has 13 aromatic rings. The van der Waals surface area contributed by atoms with Crippen LogP contribution in [0.15, 0.2) is 255 Å². The van der Waals surface area contributed by atoms with Crippen molar-refractivity contribution in [3.8, 4) is 39.1 Å². The van der Waals surface area contributed by atoms with Gasteiger partial charge in [-0.2, -0.15) is 0 Å². The summed E-state index contributed by atoms with van der Waals surface area (Å²) in [5.41, 5.74) is 14.1. The van der Waals surface area contributed by atoms with Gasteiger partial charge in [-0.15, -0.1) is 0 Å². The third-order valence-corrected chi connectivity index (χ3v) is 13.5. The SMILES string of the molecule is c1ccc(-c2c(-c3ccc(N(c4ccc(-c5cc6ccccc6c6ccccc56)cc4)c4ccc5c(c4)c4ccccc4n5-c4ccccc4)cc3)c3ccccc3c3ccccc23)cc1. The van der Waals surface area contributed by atoms with Gasteiger partial charge in [0.25, 0.3) is 0 Å². The smallest absolute Gasteiger partial charge is 0.0542 e. The predicted octanol–water partition coefficient (Wildman–Crippen LogP) is 17.9. The molecule has 66 heavy (non-hydrogen) atoms. The molecule has 2 heteroatoms. The molecule has 0 bridgehead atoms. The zero-order valence-electron chi connectivity index (χ0n) is 36.1. The van der Waals surface area contributed by atoms with Gasteiger partial charge in [0.05, 0.1) is 11.0 Å². The normalized spacial score (nSPS) is 11.6. The number of hydrogen-bond acceptors (Lipinski definition) is 1. The third-order valence-electron chi connectivity index (χ3n) is 13.5. The van der Waals surface area contributed by atoms with Crippen LogP contribution < -0.4 is 4.90 Å². The zero-order valence-corrected chi connectivity index (χ0v) is 36.1. The lowest BCUT2D eigenvalue weighted by Crippen LogP contribution is -2.10. The number of benzene rings is 12. The van der Waals surface area contributed by atoms with Crippen molar-refractivity contribution in [2.24, 2.45) is 0 Å². The lowest BCUT2D eigenvalue weighted by Gasteiger charge is -2.26. The summed E-state index contributed by atoms with van der Waals surface area (Å²) in [5, 5.41) is 12.5. The molecule has 0 aliphatic rings. The highest BCUT2D eigenvalue weighted by Gasteiger charge is 2.21. The first-order valence-corrected chi connectivity index (χ1v) is 22.8. The van der Waals surface area contributed by atoms with Crippen molar-refractivity contribution < 1.29 is 0 Å². The van der Waals surface area contributed by atoms with E-state index in [0.29, 0.717) is 0 Å². The molecule has 0 aliphatic carbocycles. The molecule has 13 rings (SSSR count). The number of fused-ring (bicyclic) bond motifs is 9. The number of para-hydroxylation sites is 2. The summed E-state index contributed by atoms with van der Waals surface area (Å²) in [6.07, 6.45) is 0. The van der Waals surface area contributed by atoms with E-state index in [0.717, 1.165) is 22.7 Å². The molecule has 0 saturated heterocycles. The summed E-state index contributed by atoms with van der Waals surface area (Å²) in [6.45, 7) is 0. The Morgan fingerprint density at radius 3 is 1.33 bits per heavy atom. The number of nitrogens with zero attached hydrogens (tertiary/aromatic N) is 2. The Hall–Kier alpha value is -8.72. The van der Waals surface area contributed by atoms with Crippen molar-refractivity contribution in [3.63, 3.8) is 0 Å². The second-order valence-electron chi connectivity index (χ2n) is 17.2. The van der Waals surface area contributed by atoms with Gasteiger partial charge in [0, 0.05) is 33.5 Å². The van der Waals surface area contributed by atoms with Gasteiger partial charge in [-0.3, -0.25) is 0 Å². The molecule has 2 nitrogen and oxygen atoms in total. The van der Waals surface area contributed by atoms with Crippen LogP contribution in [0.2, 0.25) is 0 Å². The Bertz CT molecular complexity index is 3960. The largest absolute Gasteiger partial charge is 0.310 e. The summed E-state index contributed by atoms with van der Waals surface area (Å²) in [4.78, 5) is 2.41. The highest BCUT2D eigenvalue weighted by atomic mass is 15.1. The molecular weight excluding hydrogens is 797 g/mol. The molecule has 0 radical (unpaired) electrons. The van der Waals surface area contributed by atoms with Gasteiger partial charge in [-0.05, 0) is 143 Å². The fraction of sp³-hybridized carbons (Fsp3) is 0. The van der Waals surface area contributed by atoms with Crippen LogP contribution in [-0.2, 0) is 0 Å². The fourth-order valence-electron chi connectivity index (χ4n) is 10.6. The Balaban J connectivity index is 1.00. The lowest BCUT2D eigenvalue weighted by molar-refractivity contribution is 1.18. The molecular formula is C64H42N2. The molecule has 0 aliphatic heterocycles. The maximum atomic E-state index is 2.41. The molecule has 0 unspecified atom stereocenters. The third kappa shape index (κ3) is 6.11. The van der Waals surface area contributed by atoms with Crippen LogP contribution in [0.1, 0.15) is 0 Å². The van der Waals surface area contributed by atoms with Crippen LogP contribution in [0.5, 0.6) is 0 Å². The topological polar surface area (TPSA) is 8.17 Å². The first-order chi connectivity index (χ1) is 32.8. The molecule has 0 saturated carbocycles. The molecule has 0 spiro atoms. The van der Waals surface area contributed by atoms with Crippen molar-refractivity contribution >= 4 is 82.0 Å². The van der Waals surface area contributed by atoms with E-state index >= 15 is 0 Å². The molecule has 0 atom stereocenters. The van der Waals surface area contributed by atoms with E-state index in [4.69, 9.17) is 0 Å². The van der Waals surface area contributed by atoms with Crippen LogP contribution in [0.4, 0.5) is 17.1 Å². The summed E-state index contributed by atoms with van der Waals surface area (Å²) >= 11 is 0. The maximum Gasteiger partial charge on any atom is 0.0542 e. The number of anilines is 3. The van der Waals surface area contributed by atoms with E-state index in [1.165, 1.54) is 98.3 Å². The summed E-state index contributed by atoms with van der Waals surface area (Å²) < 4.78 is 2.38. The van der Waals surface area contributed by atoms with Gasteiger partial charge in [-0.1, -0.05) is 188 Å². The fourth-order valence-corrected chi connectivity index (χ4v) is 10.6. The van der Waals surface area contributed by atoms with E-state index in [1.54, 1.807) is 0 Å². The Kier molecular flexibility index (Phi) is 8.89. The summed E-state index contributed by atoms with van der Waals surface area (Å²) in [7, 11) is 0. The minimum Gasteiger partial charge on any atom is -0.310 e. The van der Waals surface area contributed by atoms with Crippen LogP contribution in [0.3, 0.4) is 0 Å². The van der Waals surface area contributed by atoms with Gasteiger partial charge in [0.1, 0.15) is 0 Å². The van der Waals surface area contributed by atoms with Crippen molar-refractivity contribution in [2.75, 3.05) is 4.90 Å². The highest BCUT2D eigenvalue weighted by molar-refractivity contribution is 6.22. The molecule has 308 valence electrons. The lowest BCUT2D eigenvalue weighted by atomic mass is 9.85. The Morgan fingerprint density at radius 1 is 0.258 bits per heavy atom. The minimum absolute atomic E-state index is 1.08. The molecule has 12 aromatic carbocycles. The standard InChI is InChI=1S/C64H42N2/c1-3-17-44(18-4-1)63-57-28-13-11-24-53(57)54-25-12-14-29-58(54)64(63)45-33-37-49(38-34-45)65(50-39-40-62-60(42-50)56-27-15-16-30-61(56)66(62)47-20-5-2-6-21-47)48-35-31-43(32-36-48)59-41-46-19-7-8-22-51(46)52-23-9-10-26-55(52)59/h1-42H. The average molecular weight is 839 g/mol. The van der Waals surface area contributed by atoms with E-state index in [-0.39, 0.29) is 0 Å². The van der Waals surface area contributed by atoms with Crippen molar-refractivity contribution in [1.82, 2.24) is 4.57 Å². The molecule has 1 aromatic heterocycles. The van der Waals surface area contributed by atoms with Crippen LogP contribution in [0, 0.1) is 0 Å². The number of rotatable bonds is 7. The van der Waals surface area contributed by atoms with Crippen molar-refractivity contribution in [1.29, 1.82) is 0 Å². The van der Waals surface area contributed by atoms with E-state index in [9.17, 15) is 0 Å². The van der Waals surface area contributed by atoms with Crippen LogP contribution >= 0.6 is 0 Å². The predicted molar refractivity (Wildman–Crippen MR) is 282 cm³/mol. The highest BCUT2D eigenvalue weighted by Crippen LogP contribution is 2.46. The van der Waals surface area contributed by atoms with E-state index in [1.807, 2.05) is 0 Å². The second-order valence-corrected chi connectivity index (χ2v) is 17.2. The Morgan fingerprint density at radius 2 is 0.697 bits per heavy atom. The first kappa shape index (κ1) is 37.8. The number of aromatic nitrogens is 1. The monoisotopic (exact) mass is 838 g/mol.